The number of carbonyl (C=O) groups excluding carboxylic acids is 1. The summed E-state index contributed by atoms with van der Waals surface area (Å²) in [6.07, 6.45) is 1.39. The fourth-order valence-electron chi connectivity index (χ4n) is 3.26. The molecule has 0 bridgehead atoms. The summed E-state index contributed by atoms with van der Waals surface area (Å²) in [5.74, 6) is 1.37. The van der Waals surface area contributed by atoms with Gasteiger partial charge in [-0.2, -0.15) is 0 Å². The normalized spacial score (nSPS) is 16.5. The summed E-state index contributed by atoms with van der Waals surface area (Å²) >= 11 is 0. The lowest BCUT2D eigenvalue weighted by atomic mass is 9.82. The number of amides is 1. The zero-order valence-electron chi connectivity index (χ0n) is 13.7. The third-order valence-corrected chi connectivity index (χ3v) is 4.41. The molecule has 0 fully saturated rings. The summed E-state index contributed by atoms with van der Waals surface area (Å²) in [6, 6.07) is 12.1. The number of rotatable bonds is 4. The van der Waals surface area contributed by atoms with E-state index in [9.17, 15) is 4.79 Å². The van der Waals surface area contributed by atoms with Gasteiger partial charge in [0.25, 0.3) is 0 Å². The Balaban J connectivity index is 2.16. The van der Waals surface area contributed by atoms with Crippen LogP contribution in [0.1, 0.15) is 36.0 Å². The zero-order chi connectivity index (χ0) is 16.4. The molecule has 4 nitrogen and oxygen atoms in total. The van der Waals surface area contributed by atoms with E-state index in [0.717, 1.165) is 17.7 Å². The predicted octanol–water partition coefficient (Wildman–Crippen LogP) is 3.74. The van der Waals surface area contributed by atoms with Gasteiger partial charge < -0.3 is 14.8 Å². The SMILES string of the molecule is CCc1ccccc1C1CC(=O)Nc2cc(OC)c(OC)cc21. The van der Waals surface area contributed by atoms with E-state index < -0.39 is 0 Å². The molecule has 1 atom stereocenters. The van der Waals surface area contributed by atoms with Crippen LogP contribution < -0.4 is 14.8 Å². The average molecular weight is 311 g/mol. The maximum atomic E-state index is 12.2. The number of aryl methyl sites for hydroxylation is 1. The van der Waals surface area contributed by atoms with E-state index in [2.05, 4.69) is 24.4 Å². The fraction of sp³-hybridized carbons (Fsp3) is 0.316. The lowest BCUT2D eigenvalue weighted by Crippen LogP contribution is -2.24. The van der Waals surface area contributed by atoms with Crippen LogP contribution in [-0.4, -0.2) is 20.1 Å². The van der Waals surface area contributed by atoms with Crippen molar-refractivity contribution in [3.05, 3.63) is 53.1 Å². The van der Waals surface area contributed by atoms with Gasteiger partial charge in [-0.3, -0.25) is 4.79 Å². The first-order valence-corrected chi connectivity index (χ1v) is 7.81. The summed E-state index contributed by atoms with van der Waals surface area (Å²) in [6.45, 7) is 2.14. The van der Waals surface area contributed by atoms with E-state index in [-0.39, 0.29) is 11.8 Å². The lowest BCUT2D eigenvalue weighted by molar-refractivity contribution is -0.116. The van der Waals surface area contributed by atoms with Crippen molar-refractivity contribution in [2.75, 3.05) is 19.5 Å². The second-order valence-corrected chi connectivity index (χ2v) is 5.65. The Morgan fingerprint density at radius 2 is 1.78 bits per heavy atom. The van der Waals surface area contributed by atoms with Crippen LogP contribution in [0.4, 0.5) is 5.69 Å². The second kappa shape index (κ2) is 6.32. The van der Waals surface area contributed by atoms with Crippen molar-refractivity contribution in [3.8, 4) is 11.5 Å². The van der Waals surface area contributed by atoms with Crippen LogP contribution in [0.5, 0.6) is 11.5 Å². The molecule has 4 heteroatoms. The van der Waals surface area contributed by atoms with Crippen LogP contribution in [0.25, 0.3) is 0 Å². The summed E-state index contributed by atoms with van der Waals surface area (Å²) in [5, 5.41) is 2.95. The Morgan fingerprint density at radius 3 is 2.48 bits per heavy atom. The molecule has 1 unspecified atom stereocenters. The number of hydrogen-bond acceptors (Lipinski definition) is 3. The van der Waals surface area contributed by atoms with Crippen molar-refractivity contribution >= 4 is 11.6 Å². The topological polar surface area (TPSA) is 47.6 Å². The predicted molar refractivity (Wildman–Crippen MR) is 90.5 cm³/mol. The van der Waals surface area contributed by atoms with Gasteiger partial charge >= 0.3 is 0 Å². The highest BCUT2D eigenvalue weighted by molar-refractivity contribution is 5.96. The first-order valence-electron chi connectivity index (χ1n) is 7.81. The third-order valence-electron chi connectivity index (χ3n) is 4.41. The van der Waals surface area contributed by atoms with E-state index in [1.54, 1.807) is 14.2 Å². The molecule has 23 heavy (non-hydrogen) atoms. The minimum absolute atomic E-state index is 0.0284. The molecule has 2 aromatic rings. The Hall–Kier alpha value is -2.49. The van der Waals surface area contributed by atoms with Gasteiger partial charge in [0.1, 0.15) is 0 Å². The fourth-order valence-corrected chi connectivity index (χ4v) is 3.26. The van der Waals surface area contributed by atoms with Crippen molar-refractivity contribution in [2.45, 2.75) is 25.7 Å². The summed E-state index contributed by atoms with van der Waals surface area (Å²) in [4.78, 5) is 12.2. The minimum atomic E-state index is 0.0284. The molecule has 0 aliphatic carbocycles. The van der Waals surface area contributed by atoms with Crippen LogP contribution >= 0.6 is 0 Å². The van der Waals surface area contributed by atoms with Gasteiger partial charge in [-0.15, -0.1) is 0 Å². The van der Waals surface area contributed by atoms with Gasteiger partial charge in [0.2, 0.25) is 5.91 Å². The average Bonchev–Trinajstić information content (AvgIpc) is 2.59. The number of benzene rings is 2. The molecule has 0 spiro atoms. The van der Waals surface area contributed by atoms with Crippen molar-refractivity contribution < 1.29 is 14.3 Å². The van der Waals surface area contributed by atoms with E-state index in [0.29, 0.717) is 17.9 Å². The van der Waals surface area contributed by atoms with Crippen LogP contribution in [0.2, 0.25) is 0 Å². The number of carbonyl (C=O) groups is 1. The Kier molecular flexibility index (Phi) is 4.24. The first kappa shape index (κ1) is 15.4. The van der Waals surface area contributed by atoms with Crippen LogP contribution in [0.15, 0.2) is 36.4 Å². The Morgan fingerprint density at radius 1 is 1.09 bits per heavy atom. The van der Waals surface area contributed by atoms with Gasteiger partial charge in [-0.1, -0.05) is 31.2 Å². The van der Waals surface area contributed by atoms with Crippen molar-refractivity contribution in [3.63, 3.8) is 0 Å². The number of ether oxygens (including phenoxy) is 2. The molecular weight excluding hydrogens is 290 g/mol. The van der Waals surface area contributed by atoms with Gasteiger partial charge in [0, 0.05) is 24.1 Å². The van der Waals surface area contributed by atoms with E-state index in [1.807, 2.05) is 24.3 Å². The monoisotopic (exact) mass is 311 g/mol. The highest BCUT2D eigenvalue weighted by Crippen LogP contribution is 2.43. The number of anilines is 1. The van der Waals surface area contributed by atoms with Crippen LogP contribution in [-0.2, 0) is 11.2 Å². The van der Waals surface area contributed by atoms with Crippen molar-refractivity contribution in [1.29, 1.82) is 0 Å². The molecule has 0 saturated heterocycles. The molecule has 3 rings (SSSR count). The molecule has 0 saturated carbocycles. The Bertz CT molecular complexity index is 739. The molecule has 1 amide bonds. The first-order chi connectivity index (χ1) is 11.2. The smallest absolute Gasteiger partial charge is 0.225 e. The molecular formula is C19H21NO3. The molecule has 0 aromatic heterocycles. The number of fused-ring (bicyclic) bond motifs is 1. The van der Waals surface area contributed by atoms with Gasteiger partial charge in [-0.05, 0) is 29.2 Å². The van der Waals surface area contributed by atoms with E-state index in [4.69, 9.17) is 9.47 Å². The summed E-state index contributed by atoms with van der Waals surface area (Å²) in [5.41, 5.74) is 4.35. The van der Waals surface area contributed by atoms with Crippen molar-refractivity contribution in [1.82, 2.24) is 0 Å². The van der Waals surface area contributed by atoms with E-state index in [1.165, 1.54) is 11.1 Å². The molecule has 1 aliphatic heterocycles. The maximum Gasteiger partial charge on any atom is 0.225 e. The Labute approximate surface area is 136 Å². The molecule has 1 N–H and O–H groups in total. The molecule has 0 radical (unpaired) electrons. The zero-order valence-corrected chi connectivity index (χ0v) is 13.7. The van der Waals surface area contributed by atoms with Crippen molar-refractivity contribution in [2.24, 2.45) is 0 Å². The second-order valence-electron chi connectivity index (χ2n) is 5.65. The lowest BCUT2D eigenvalue weighted by Gasteiger charge is -2.28. The molecule has 1 heterocycles. The highest BCUT2D eigenvalue weighted by atomic mass is 16.5. The third kappa shape index (κ3) is 2.77. The number of nitrogens with one attached hydrogen (secondary N) is 1. The molecule has 120 valence electrons. The van der Waals surface area contributed by atoms with Crippen LogP contribution in [0.3, 0.4) is 0 Å². The minimum Gasteiger partial charge on any atom is -0.493 e. The van der Waals surface area contributed by atoms with Gasteiger partial charge in [0.15, 0.2) is 11.5 Å². The quantitative estimate of drug-likeness (QED) is 0.935. The largest absolute Gasteiger partial charge is 0.493 e. The van der Waals surface area contributed by atoms with Gasteiger partial charge in [0.05, 0.1) is 14.2 Å². The highest BCUT2D eigenvalue weighted by Gasteiger charge is 2.29. The molecule has 1 aliphatic rings. The van der Waals surface area contributed by atoms with E-state index >= 15 is 0 Å². The van der Waals surface area contributed by atoms with Gasteiger partial charge in [-0.25, -0.2) is 0 Å². The standard InChI is InChI=1S/C19H21NO3/c1-4-12-7-5-6-8-13(12)14-10-19(21)20-16-11-18(23-3)17(22-2)9-15(14)16/h5-9,11,14H,4,10H2,1-3H3,(H,20,21). The summed E-state index contributed by atoms with van der Waals surface area (Å²) in [7, 11) is 3.22. The summed E-state index contributed by atoms with van der Waals surface area (Å²) < 4.78 is 10.8. The molecule has 2 aromatic carbocycles. The van der Waals surface area contributed by atoms with Crippen LogP contribution in [0, 0.1) is 0 Å². The number of hydrogen-bond donors (Lipinski definition) is 1. The maximum absolute atomic E-state index is 12.2. The number of methoxy groups -OCH3 is 2.